The summed E-state index contributed by atoms with van der Waals surface area (Å²) in [5.74, 6) is -0.324. The van der Waals surface area contributed by atoms with Gasteiger partial charge in [-0.1, -0.05) is 6.07 Å². The number of hydrogen-bond donors (Lipinski definition) is 1. The number of ketones is 1. The second kappa shape index (κ2) is 6.08. The van der Waals surface area contributed by atoms with E-state index >= 15 is 0 Å². The molecule has 0 aliphatic rings. The zero-order valence-electron chi connectivity index (χ0n) is 13.0. The van der Waals surface area contributed by atoms with Crippen molar-refractivity contribution >= 4 is 16.7 Å². The summed E-state index contributed by atoms with van der Waals surface area (Å²) in [7, 11) is 0. The number of carbonyl (C=O) groups is 1. The number of alkyl halides is 3. The lowest BCUT2D eigenvalue weighted by Gasteiger charge is -2.11. The van der Waals surface area contributed by atoms with Crippen LogP contribution in [0.15, 0.2) is 48.5 Å². The Morgan fingerprint density at radius 3 is 2.48 bits per heavy atom. The fourth-order valence-corrected chi connectivity index (χ4v) is 2.34. The van der Waals surface area contributed by atoms with E-state index in [1.54, 1.807) is 6.07 Å². The van der Waals surface area contributed by atoms with Crippen LogP contribution in [0.25, 0.3) is 10.9 Å². The Bertz CT molecular complexity index is 967. The van der Waals surface area contributed by atoms with Gasteiger partial charge >= 0.3 is 6.18 Å². The van der Waals surface area contributed by atoms with Gasteiger partial charge in [-0.2, -0.15) is 13.2 Å². The standard InChI is InChI=1S/C18H12F3NO3/c1-10(23)17-16(24)8-11-7-14(5-6-15(11)22-17)25-13-4-2-3-12(9-13)18(19,20)21/h2-9,24H,1H3. The minimum Gasteiger partial charge on any atom is -0.506 e. The van der Waals surface area contributed by atoms with Crippen molar-refractivity contribution in [2.24, 2.45) is 0 Å². The zero-order valence-corrected chi connectivity index (χ0v) is 13.0. The van der Waals surface area contributed by atoms with E-state index in [1.807, 2.05) is 0 Å². The van der Waals surface area contributed by atoms with Crippen LogP contribution in [0.2, 0.25) is 0 Å². The number of pyridine rings is 1. The lowest BCUT2D eigenvalue weighted by molar-refractivity contribution is -0.137. The summed E-state index contributed by atoms with van der Waals surface area (Å²) in [6, 6.07) is 10.5. The van der Waals surface area contributed by atoms with Crippen molar-refractivity contribution in [1.29, 1.82) is 0 Å². The molecule has 0 atom stereocenters. The molecular weight excluding hydrogens is 335 g/mol. The molecule has 4 nitrogen and oxygen atoms in total. The molecule has 0 aliphatic heterocycles. The fourth-order valence-electron chi connectivity index (χ4n) is 2.34. The molecule has 0 spiro atoms. The minimum atomic E-state index is -4.46. The molecule has 0 radical (unpaired) electrons. The van der Waals surface area contributed by atoms with Crippen molar-refractivity contribution in [3.05, 3.63) is 59.8 Å². The van der Waals surface area contributed by atoms with Gasteiger partial charge in [0.1, 0.15) is 22.9 Å². The Kier molecular flexibility index (Phi) is 4.08. The van der Waals surface area contributed by atoms with Crippen molar-refractivity contribution in [3.63, 3.8) is 0 Å². The van der Waals surface area contributed by atoms with E-state index in [0.29, 0.717) is 10.9 Å². The average molecular weight is 347 g/mol. The van der Waals surface area contributed by atoms with E-state index < -0.39 is 11.7 Å². The fraction of sp³-hybridized carbons (Fsp3) is 0.111. The van der Waals surface area contributed by atoms with Crippen LogP contribution >= 0.6 is 0 Å². The van der Waals surface area contributed by atoms with Crippen LogP contribution in [0, 0.1) is 0 Å². The highest BCUT2D eigenvalue weighted by Crippen LogP contribution is 2.33. The monoisotopic (exact) mass is 347 g/mol. The second-order valence-electron chi connectivity index (χ2n) is 5.39. The summed E-state index contributed by atoms with van der Waals surface area (Å²) in [6.07, 6.45) is -4.46. The Hall–Kier alpha value is -3.09. The summed E-state index contributed by atoms with van der Waals surface area (Å²) >= 11 is 0. The summed E-state index contributed by atoms with van der Waals surface area (Å²) in [4.78, 5) is 15.5. The molecule has 0 saturated carbocycles. The van der Waals surface area contributed by atoms with Crippen molar-refractivity contribution < 1.29 is 27.8 Å². The molecule has 3 rings (SSSR count). The first kappa shape index (κ1) is 16.8. The number of benzene rings is 2. The number of halogens is 3. The second-order valence-corrected chi connectivity index (χ2v) is 5.39. The van der Waals surface area contributed by atoms with Crippen molar-refractivity contribution in [2.45, 2.75) is 13.1 Å². The average Bonchev–Trinajstić information content (AvgIpc) is 2.53. The highest BCUT2D eigenvalue weighted by Gasteiger charge is 2.30. The first-order chi connectivity index (χ1) is 11.7. The molecule has 1 N–H and O–H groups in total. The molecule has 0 bridgehead atoms. The maximum Gasteiger partial charge on any atom is 0.416 e. The highest BCUT2D eigenvalue weighted by atomic mass is 19.4. The number of fused-ring (bicyclic) bond motifs is 1. The van der Waals surface area contributed by atoms with E-state index in [4.69, 9.17) is 4.74 Å². The Morgan fingerprint density at radius 1 is 1.08 bits per heavy atom. The largest absolute Gasteiger partial charge is 0.506 e. The van der Waals surface area contributed by atoms with Crippen LogP contribution in [-0.2, 0) is 6.18 Å². The summed E-state index contributed by atoms with van der Waals surface area (Å²) in [5.41, 5.74) is -0.394. The van der Waals surface area contributed by atoms with E-state index in [1.165, 1.54) is 37.3 Å². The van der Waals surface area contributed by atoms with Crippen molar-refractivity contribution in [1.82, 2.24) is 4.98 Å². The number of hydrogen-bond acceptors (Lipinski definition) is 4. The molecule has 0 unspecified atom stereocenters. The Balaban J connectivity index is 1.95. The van der Waals surface area contributed by atoms with Gasteiger partial charge in [-0.25, -0.2) is 4.98 Å². The molecule has 25 heavy (non-hydrogen) atoms. The molecule has 128 valence electrons. The lowest BCUT2D eigenvalue weighted by Crippen LogP contribution is -2.04. The number of nitrogens with zero attached hydrogens (tertiary/aromatic N) is 1. The quantitative estimate of drug-likeness (QED) is 0.681. The van der Waals surface area contributed by atoms with Gasteiger partial charge in [-0.05, 0) is 42.5 Å². The smallest absolute Gasteiger partial charge is 0.416 e. The molecular formula is C18H12F3NO3. The van der Waals surface area contributed by atoms with Gasteiger partial charge in [0.15, 0.2) is 5.78 Å². The summed E-state index contributed by atoms with van der Waals surface area (Å²) in [6.45, 7) is 1.29. The first-order valence-electron chi connectivity index (χ1n) is 7.24. The third-order valence-corrected chi connectivity index (χ3v) is 3.50. The third-order valence-electron chi connectivity index (χ3n) is 3.50. The molecule has 7 heteroatoms. The zero-order chi connectivity index (χ0) is 18.2. The molecule has 0 amide bonds. The predicted octanol–water partition coefficient (Wildman–Crippen LogP) is 4.95. The molecule has 1 aromatic heterocycles. The molecule has 0 fully saturated rings. The summed E-state index contributed by atoms with van der Waals surface area (Å²) in [5, 5.41) is 10.3. The first-order valence-corrected chi connectivity index (χ1v) is 7.24. The van der Waals surface area contributed by atoms with Gasteiger partial charge in [0.25, 0.3) is 0 Å². The maximum atomic E-state index is 12.7. The van der Waals surface area contributed by atoms with Crippen LogP contribution in [0.1, 0.15) is 23.0 Å². The molecule has 1 heterocycles. The summed E-state index contributed by atoms with van der Waals surface area (Å²) < 4.78 is 43.7. The van der Waals surface area contributed by atoms with Gasteiger partial charge in [0, 0.05) is 12.3 Å². The lowest BCUT2D eigenvalue weighted by atomic mass is 10.1. The number of ether oxygens (including phenoxy) is 1. The van der Waals surface area contributed by atoms with Gasteiger partial charge in [0.05, 0.1) is 11.1 Å². The van der Waals surface area contributed by atoms with Crippen LogP contribution in [0.5, 0.6) is 17.2 Å². The van der Waals surface area contributed by atoms with Gasteiger partial charge in [-0.15, -0.1) is 0 Å². The third kappa shape index (κ3) is 3.55. The molecule has 0 saturated heterocycles. The van der Waals surface area contributed by atoms with E-state index in [-0.39, 0.29) is 28.7 Å². The van der Waals surface area contributed by atoms with Crippen LogP contribution < -0.4 is 4.74 Å². The minimum absolute atomic E-state index is 0.0340. The van der Waals surface area contributed by atoms with Gasteiger partial charge < -0.3 is 9.84 Å². The SMILES string of the molecule is CC(=O)c1nc2ccc(Oc3cccc(C(F)(F)F)c3)cc2cc1O. The van der Waals surface area contributed by atoms with Crippen LogP contribution in [-0.4, -0.2) is 15.9 Å². The van der Waals surface area contributed by atoms with Crippen LogP contribution in [0.3, 0.4) is 0 Å². The number of aromatic hydroxyl groups is 1. The maximum absolute atomic E-state index is 12.7. The predicted molar refractivity (Wildman–Crippen MR) is 84.9 cm³/mol. The number of Topliss-reactive ketones (excluding diaryl/α,β-unsaturated/α-hetero) is 1. The number of carbonyl (C=O) groups excluding carboxylic acids is 1. The van der Waals surface area contributed by atoms with Crippen LogP contribution in [0.4, 0.5) is 13.2 Å². The van der Waals surface area contributed by atoms with Crippen molar-refractivity contribution in [3.8, 4) is 17.2 Å². The molecule has 0 aliphatic carbocycles. The van der Waals surface area contributed by atoms with E-state index in [2.05, 4.69) is 4.98 Å². The van der Waals surface area contributed by atoms with E-state index in [9.17, 15) is 23.1 Å². The Labute approximate surface area is 140 Å². The van der Waals surface area contributed by atoms with Gasteiger partial charge in [0.2, 0.25) is 0 Å². The van der Waals surface area contributed by atoms with Gasteiger partial charge in [-0.3, -0.25) is 4.79 Å². The molecule has 3 aromatic rings. The number of aromatic nitrogens is 1. The van der Waals surface area contributed by atoms with E-state index in [0.717, 1.165) is 12.1 Å². The Morgan fingerprint density at radius 2 is 1.80 bits per heavy atom. The number of rotatable bonds is 3. The topological polar surface area (TPSA) is 59.4 Å². The molecule has 2 aromatic carbocycles. The highest BCUT2D eigenvalue weighted by molar-refractivity contribution is 5.97. The normalized spacial score (nSPS) is 11.5. The van der Waals surface area contributed by atoms with Crippen molar-refractivity contribution in [2.75, 3.05) is 0 Å².